The van der Waals surface area contributed by atoms with Crippen LogP contribution in [0.25, 0.3) is 6.08 Å². The van der Waals surface area contributed by atoms with Gasteiger partial charge in [0.25, 0.3) is 10.0 Å². The summed E-state index contributed by atoms with van der Waals surface area (Å²) in [6.45, 7) is 2.94. The smallest absolute Gasteiger partial charge is 0.264 e. The van der Waals surface area contributed by atoms with Crippen LogP contribution in [-0.4, -0.2) is 14.3 Å². The number of nitrogens with one attached hydrogen (secondary N) is 1. The summed E-state index contributed by atoms with van der Waals surface area (Å²) in [5, 5.41) is 0. The average Bonchev–Trinajstić information content (AvgIpc) is 2.27. The van der Waals surface area contributed by atoms with Crippen molar-refractivity contribution in [2.75, 3.05) is 0 Å². The molecule has 94 valence electrons. The number of carbonyl (C=O) groups is 1. The van der Waals surface area contributed by atoms with Crippen LogP contribution in [0.15, 0.2) is 29.2 Å². The zero-order valence-electron chi connectivity index (χ0n) is 10.1. The molecule has 0 bridgehead atoms. The van der Waals surface area contributed by atoms with E-state index in [1.54, 1.807) is 19.1 Å². The normalized spacial score (nSPS) is 11.2. The van der Waals surface area contributed by atoms with E-state index in [-0.39, 0.29) is 4.90 Å². The van der Waals surface area contributed by atoms with Crippen molar-refractivity contribution in [1.29, 1.82) is 0 Å². The van der Waals surface area contributed by atoms with Crippen LogP contribution in [0.4, 0.5) is 0 Å². The van der Waals surface area contributed by atoms with Gasteiger partial charge >= 0.3 is 0 Å². The van der Waals surface area contributed by atoms with Gasteiger partial charge in [-0.3, -0.25) is 4.79 Å². The molecule has 0 unspecified atom stereocenters. The number of hydrogen-bond donors (Lipinski definition) is 1. The highest BCUT2D eigenvalue weighted by atomic mass is 32.2. The van der Waals surface area contributed by atoms with Gasteiger partial charge in [0, 0.05) is 12.5 Å². The fourth-order valence-corrected chi connectivity index (χ4v) is 2.43. The summed E-state index contributed by atoms with van der Waals surface area (Å²) >= 11 is 0. The molecule has 0 aliphatic rings. The molecule has 1 rings (SSSR count). The highest BCUT2D eigenvalue weighted by molar-refractivity contribution is 7.90. The first-order chi connectivity index (χ1) is 8.40. The van der Waals surface area contributed by atoms with Gasteiger partial charge < -0.3 is 0 Å². The van der Waals surface area contributed by atoms with E-state index >= 15 is 0 Å². The maximum absolute atomic E-state index is 11.8. The summed E-state index contributed by atoms with van der Waals surface area (Å²) in [7, 11) is -3.83. The van der Waals surface area contributed by atoms with E-state index in [4.69, 9.17) is 6.42 Å². The topological polar surface area (TPSA) is 63.2 Å². The molecule has 0 fully saturated rings. The van der Waals surface area contributed by atoms with E-state index in [0.29, 0.717) is 11.1 Å². The lowest BCUT2D eigenvalue weighted by atomic mass is 10.1. The molecule has 5 heteroatoms. The Balaban J connectivity index is 3.33. The summed E-state index contributed by atoms with van der Waals surface area (Å²) in [6, 6.07) is 4.33. The van der Waals surface area contributed by atoms with Gasteiger partial charge in [-0.15, -0.1) is 6.42 Å². The molecule has 1 N–H and O–H groups in total. The SMILES string of the molecule is C#Cc1ccc(S(=O)(=O)NC(C)=O)cc1/C=C\C. The van der Waals surface area contributed by atoms with Gasteiger partial charge in [0.1, 0.15) is 0 Å². The Bertz CT molecular complexity index is 637. The molecule has 0 aliphatic carbocycles. The zero-order chi connectivity index (χ0) is 13.8. The van der Waals surface area contributed by atoms with Crippen LogP contribution < -0.4 is 4.72 Å². The Hall–Kier alpha value is -2.06. The first kappa shape index (κ1) is 14.0. The van der Waals surface area contributed by atoms with Gasteiger partial charge in [-0.1, -0.05) is 18.1 Å². The number of hydrogen-bond acceptors (Lipinski definition) is 3. The van der Waals surface area contributed by atoms with Crippen LogP contribution in [0.5, 0.6) is 0 Å². The van der Waals surface area contributed by atoms with Gasteiger partial charge in [-0.25, -0.2) is 13.1 Å². The summed E-state index contributed by atoms with van der Waals surface area (Å²) in [5.74, 6) is 1.83. The van der Waals surface area contributed by atoms with Crippen molar-refractivity contribution >= 4 is 22.0 Å². The molecule has 0 radical (unpaired) electrons. The van der Waals surface area contributed by atoms with Crippen LogP contribution in [-0.2, 0) is 14.8 Å². The molecule has 0 heterocycles. The number of allylic oxidation sites excluding steroid dienone is 1. The second-order valence-electron chi connectivity index (χ2n) is 3.56. The highest BCUT2D eigenvalue weighted by Gasteiger charge is 2.16. The van der Waals surface area contributed by atoms with Gasteiger partial charge in [-0.2, -0.15) is 0 Å². The molecule has 0 aliphatic heterocycles. The van der Waals surface area contributed by atoms with Crippen molar-refractivity contribution < 1.29 is 13.2 Å². The first-order valence-electron chi connectivity index (χ1n) is 5.17. The number of carbonyl (C=O) groups excluding carboxylic acids is 1. The Morgan fingerprint density at radius 3 is 2.61 bits per heavy atom. The summed E-state index contributed by atoms with van der Waals surface area (Å²) in [4.78, 5) is 10.8. The van der Waals surface area contributed by atoms with Crippen LogP contribution in [0.1, 0.15) is 25.0 Å². The van der Waals surface area contributed by atoms with Crippen molar-refractivity contribution in [3.63, 3.8) is 0 Å². The predicted molar refractivity (Wildman–Crippen MR) is 70.1 cm³/mol. The van der Waals surface area contributed by atoms with Gasteiger partial charge in [0.2, 0.25) is 5.91 Å². The third kappa shape index (κ3) is 3.22. The van der Waals surface area contributed by atoms with Gasteiger partial charge in [0.05, 0.1) is 4.90 Å². The van der Waals surface area contributed by atoms with Crippen LogP contribution in [0.2, 0.25) is 0 Å². The van der Waals surface area contributed by atoms with E-state index in [2.05, 4.69) is 5.92 Å². The van der Waals surface area contributed by atoms with E-state index in [1.165, 1.54) is 18.2 Å². The molecule has 0 atom stereocenters. The molecular weight excluding hydrogens is 250 g/mol. The van der Waals surface area contributed by atoms with Crippen molar-refractivity contribution in [3.05, 3.63) is 35.4 Å². The van der Waals surface area contributed by atoms with Crippen molar-refractivity contribution in [2.24, 2.45) is 0 Å². The number of rotatable bonds is 3. The minimum atomic E-state index is -3.83. The molecule has 0 spiro atoms. The number of benzene rings is 1. The molecule has 1 amide bonds. The average molecular weight is 263 g/mol. The zero-order valence-corrected chi connectivity index (χ0v) is 10.9. The standard InChI is InChI=1S/C13H13NO3S/c1-4-6-12-9-13(8-7-11(12)5-2)18(16,17)14-10(3)15/h2,4,6-9H,1,3H3,(H,14,15)/b6-4-. The lowest BCUT2D eigenvalue weighted by Crippen LogP contribution is -2.28. The maximum atomic E-state index is 11.8. The van der Waals surface area contributed by atoms with Crippen LogP contribution in [0.3, 0.4) is 0 Å². The fraction of sp³-hybridized carbons (Fsp3) is 0.154. The van der Waals surface area contributed by atoms with Crippen molar-refractivity contribution in [3.8, 4) is 12.3 Å². The highest BCUT2D eigenvalue weighted by Crippen LogP contribution is 2.17. The lowest BCUT2D eigenvalue weighted by Gasteiger charge is -2.07. The van der Waals surface area contributed by atoms with Crippen LogP contribution >= 0.6 is 0 Å². The number of terminal acetylenes is 1. The van der Waals surface area contributed by atoms with Gasteiger partial charge in [-0.05, 0) is 30.7 Å². The molecule has 1 aromatic rings. The number of amides is 1. The van der Waals surface area contributed by atoms with E-state index in [0.717, 1.165) is 6.92 Å². The molecule has 0 aromatic heterocycles. The summed E-state index contributed by atoms with van der Waals surface area (Å²) < 4.78 is 25.5. The Morgan fingerprint density at radius 1 is 1.44 bits per heavy atom. The second-order valence-corrected chi connectivity index (χ2v) is 5.24. The quantitative estimate of drug-likeness (QED) is 0.841. The second kappa shape index (κ2) is 5.52. The molecular formula is C13H13NO3S. The van der Waals surface area contributed by atoms with Crippen molar-refractivity contribution in [2.45, 2.75) is 18.7 Å². The molecule has 4 nitrogen and oxygen atoms in total. The Labute approximate surface area is 107 Å². The Kier molecular flexibility index (Phi) is 4.29. The van der Waals surface area contributed by atoms with Crippen LogP contribution in [0, 0.1) is 12.3 Å². The molecule has 0 saturated heterocycles. The predicted octanol–water partition coefficient (Wildman–Crippen LogP) is 1.53. The number of sulfonamides is 1. The van der Waals surface area contributed by atoms with Gasteiger partial charge in [0.15, 0.2) is 0 Å². The third-order valence-electron chi connectivity index (χ3n) is 2.11. The van der Waals surface area contributed by atoms with E-state index in [9.17, 15) is 13.2 Å². The minimum Gasteiger partial charge on any atom is -0.274 e. The third-order valence-corrected chi connectivity index (χ3v) is 3.54. The maximum Gasteiger partial charge on any atom is 0.264 e. The van der Waals surface area contributed by atoms with E-state index in [1.807, 2.05) is 4.72 Å². The molecule has 0 saturated carbocycles. The first-order valence-corrected chi connectivity index (χ1v) is 6.65. The molecule has 1 aromatic carbocycles. The molecule has 18 heavy (non-hydrogen) atoms. The fourth-order valence-electron chi connectivity index (χ4n) is 1.41. The largest absolute Gasteiger partial charge is 0.274 e. The summed E-state index contributed by atoms with van der Waals surface area (Å²) in [5.41, 5.74) is 1.21. The lowest BCUT2D eigenvalue weighted by molar-refractivity contribution is -0.117. The Morgan fingerprint density at radius 2 is 2.11 bits per heavy atom. The minimum absolute atomic E-state index is 0.00444. The van der Waals surface area contributed by atoms with E-state index < -0.39 is 15.9 Å². The monoisotopic (exact) mass is 263 g/mol. The summed E-state index contributed by atoms with van der Waals surface area (Å²) in [6.07, 6.45) is 8.78. The van der Waals surface area contributed by atoms with Crippen molar-refractivity contribution in [1.82, 2.24) is 4.72 Å².